The van der Waals surface area contributed by atoms with E-state index in [2.05, 4.69) is 4.72 Å². The fraction of sp³-hybridized carbons (Fsp3) is 0.250. The molecule has 6 nitrogen and oxygen atoms in total. The number of hydrogen-bond acceptors (Lipinski definition) is 4. The van der Waals surface area contributed by atoms with Gasteiger partial charge in [0.25, 0.3) is 5.69 Å². The van der Waals surface area contributed by atoms with E-state index in [9.17, 15) is 18.5 Å². The Morgan fingerprint density at radius 2 is 2.12 bits per heavy atom. The molecular formula is C8H9ClN2O4S. The van der Waals surface area contributed by atoms with E-state index in [0.29, 0.717) is 0 Å². The Labute approximate surface area is 97.4 Å². The van der Waals surface area contributed by atoms with Crippen molar-refractivity contribution >= 4 is 33.0 Å². The summed E-state index contributed by atoms with van der Waals surface area (Å²) >= 11 is 5.64. The molecule has 0 atom stereocenters. The van der Waals surface area contributed by atoms with Crippen molar-refractivity contribution in [1.29, 1.82) is 0 Å². The highest BCUT2D eigenvalue weighted by Gasteiger charge is 2.18. The molecule has 0 saturated heterocycles. The molecule has 0 unspecified atom stereocenters. The van der Waals surface area contributed by atoms with Crippen LogP contribution in [0.4, 0.5) is 11.4 Å². The van der Waals surface area contributed by atoms with Gasteiger partial charge in [0, 0.05) is 11.1 Å². The number of halogens is 1. The Hall–Kier alpha value is -1.34. The Balaban J connectivity index is 3.21. The Morgan fingerprint density at radius 3 is 2.62 bits per heavy atom. The first-order valence-corrected chi connectivity index (χ1v) is 6.33. The van der Waals surface area contributed by atoms with Crippen molar-refractivity contribution in [3.8, 4) is 0 Å². The smallest absolute Gasteiger partial charge is 0.277 e. The van der Waals surface area contributed by atoms with E-state index in [1.807, 2.05) is 0 Å². The number of sulfonamides is 1. The molecule has 1 aromatic rings. The predicted molar refractivity (Wildman–Crippen MR) is 61.2 cm³/mol. The van der Waals surface area contributed by atoms with Crippen LogP contribution in [0.3, 0.4) is 0 Å². The van der Waals surface area contributed by atoms with Crippen LogP contribution < -0.4 is 4.72 Å². The molecule has 0 amide bonds. The second-order valence-electron chi connectivity index (χ2n) is 2.92. The topological polar surface area (TPSA) is 89.3 Å². The first-order valence-electron chi connectivity index (χ1n) is 4.30. The first kappa shape index (κ1) is 12.7. The molecule has 0 bridgehead atoms. The lowest BCUT2D eigenvalue weighted by Gasteiger charge is -2.06. The maximum absolute atomic E-state index is 11.3. The summed E-state index contributed by atoms with van der Waals surface area (Å²) in [7, 11) is -3.56. The van der Waals surface area contributed by atoms with Gasteiger partial charge >= 0.3 is 0 Å². The molecule has 88 valence electrons. The molecule has 1 N–H and O–H groups in total. The van der Waals surface area contributed by atoms with Gasteiger partial charge in [-0.25, -0.2) is 8.42 Å². The van der Waals surface area contributed by atoms with Gasteiger partial charge in [-0.3, -0.25) is 14.8 Å². The third-order valence-electron chi connectivity index (χ3n) is 1.80. The van der Waals surface area contributed by atoms with Gasteiger partial charge in [-0.05, 0) is 19.1 Å². The van der Waals surface area contributed by atoms with Gasteiger partial charge in [-0.1, -0.05) is 11.6 Å². The number of nitrogens with zero attached hydrogens (tertiary/aromatic N) is 1. The summed E-state index contributed by atoms with van der Waals surface area (Å²) < 4.78 is 24.7. The maximum Gasteiger partial charge on any atom is 0.293 e. The molecule has 0 aliphatic carbocycles. The van der Waals surface area contributed by atoms with Crippen molar-refractivity contribution in [2.45, 2.75) is 6.92 Å². The Kier molecular flexibility index (Phi) is 3.71. The Morgan fingerprint density at radius 1 is 1.50 bits per heavy atom. The molecule has 16 heavy (non-hydrogen) atoms. The summed E-state index contributed by atoms with van der Waals surface area (Å²) in [4.78, 5) is 9.96. The Bertz CT molecular complexity index is 515. The first-order chi connectivity index (χ1) is 7.35. The van der Waals surface area contributed by atoms with Gasteiger partial charge in [0.05, 0.1) is 10.7 Å². The third kappa shape index (κ3) is 3.07. The normalized spacial score (nSPS) is 11.1. The summed E-state index contributed by atoms with van der Waals surface area (Å²) in [6.45, 7) is 1.43. The van der Waals surface area contributed by atoms with Gasteiger partial charge in [0.2, 0.25) is 10.0 Å². The summed E-state index contributed by atoms with van der Waals surface area (Å²) in [5.74, 6) is -0.170. The van der Waals surface area contributed by atoms with Crippen LogP contribution >= 0.6 is 11.6 Å². The quantitative estimate of drug-likeness (QED) is 0.665. The number of rotatable bonds is 4. The highest BCUT2D eigenvalue weighted by Crippen LogP contribution is 2.28. The third-order valence-corrected chi connectivity index (χ3v) is 3.33. The molecule has 0 fully saturated rings. The molecule has 8 heteroatoms. The zero-order valence-corrected chi connectivity index (χ0v) is 9.88. The van der Waals surface area contributed by atoms with Crippen molar-refractivity contribution in [3.05, 3.63) is 33.3 Å². The minimum Gasteiger partial charge on any atom is -0.277 e. The highest BCUT2D eigenvalue weighted by molar-refractivity contribution is 7.92. The van der Waals surface area contributed by atoms with Gasteiger partial charge in [0.1, 0.15) is 5.69 Å². The van der Waals surface area contributed by atoms with E-state index in [0.717, 1.165) is 6.07 Å². The summed E-state index contributed by atoms with van der Waals surface area (Å²) in [5, 5.41) is 10.9. The second-order valence-corrected chi connectivity index (χ2v) is 5.37. The van der Waals surface area contributed by atoms with Crippen LogP contribution in [-0.4, -0.2) is 19.1 Å². The average molecular weight is 265 g/mol. The zero-order valence-electron chi connectivity index (χ0n) is 8.31. The maximum atomic E-state index is 11.3. The summed E-state index contributed by atoms with van der Waals surface area (Å²) in [6.07, 6.45) is 0. The highest BCUT2D eigenvalue weighted by atomic mass is 35.5. The van der Waals surface area contributed by atoms with E-state index in [1.165, 1.54) is 19.1 Å². The lowest BCUT2D eigenvalue weighted by atomic mass is 10.3. The molecule has 0 aliphatic heterocycles. The van der Waals surface area contributed by atoms with E-state index in [1.54, 1.807) is 0 Å². The fourth-order valence-electron chi connectivity index (χ4n) is 0.989. The number of nitro groups is 1. The number of nitrogens with one attached hydrogen (secondary N) is 1. The van der Waals surface area contributed by atoms with Gasteiger partial charge < -0.3 is 0 Å². The van der Waals surface area contributed by atoms with Gasteiger partial charge in [-0.15, -0.1) is 0 Å². The van der Waals surface area contributed by atoms with Crippen molar-refractivity contribution in [1.82, 2.24) is 0 Å². The lowest BCUT2D eigenvalue weighted by molar-refractivity contribution is -0.383. The monoisotopic (exact) mass is 264 g/mol. The second kappa shape index (κ2) is 4.67. The van der Waals surface area contributed by atoms with Crippen molar-refractivity contribution in [2.75, 3.05) is 10.5 Å². The van der Waals surface area contributed by atoms with Crippen molar-refractivity contribution < 1.29 is 13.3 Å². The lowest BCUT2D eigenvalue weighted by Crippen LogP contribution is -2.15. The number of hydrogen-bond donors (Lipinski definition) is 1. The van der Waals surface area contributed by atoms with Crippen LogP contribution in [0.5, 0.6) is 0 Å². The van der Waals surface area contributed by atoms with Crippen LogP contribution in [-0.2, 0) is 10.0 Å². The number of nitro benzene ring substituents is 1. The molecule has 0 radical (unpaired) electrons. The van der Waals surface area contributed by atoms with Crippen LogP contribution in [0.25, 0.3) is 0 Å². The largest absolute Gasteiger partial charge is 0.293 e. The van der Waals surface area contributed by atoms with Crippen molar-refractivity contribution in [2.24, 2.45) is 0 Å². The summed E-state index contributed by atoms with van der Waals surface area (Å²) in [6, 6.07) is 3.67. The van der Waals surface area contributed by atoms with Crippen LogP contribution in [0.15, 0.2) is 18.2 Å². The summed E-state index contributed by atoms with van der Waals surface area (Å²) in [5.41, 5.74) is -0.458. The van der Waals surface area contributed by atoms with E-state index in [-0.39, 0.29) is 22.2 Å². The number of anilines is 1. The molecular weight excluding hydrogens is 256 g/mol. The standard InChI is InChI=1S/C8H9ClN2O4S/c1-2-16(14,15)10-7-5-6(9)3-4-8(7)11(12)13/h3-5,10H,2H2,1H3. The SMILES string of the molecule is CCS(=O)(=O)Nc1cc(Cl)ccc1[N+](=O)[O-]. The fourth-order valence-corrected chi connectivity index (χ4v) is 1.80. The number of benzene rings is 1. The van der Waals surface area contributed by atoms with Gasteiger partial charge in [-0.2, -0.15) is 0 Å². The van der Waals surface area contributed by atoms with E-state index in [4.69, 9.17) is 11.6 Å². The molecule has 0 aliphatic rings. The van der Waals surface area contributed by atoms with Crippen LogP contribution in [0.2, 0.25) is 5.02 Å². The van der Waals surface area contributed by atoms with Crippen LogP contribution in [0.1, 0.15) is 6.92 Å². The van der Waals surface area contributed by atoms with Crippen LogP contribution in [0, 0.1) is 10.1 Å². The average Bonchev–Trinajstić information content (AvgIpc) is 2.16. The zero-order chi connectivity index (χ0) is 12.3. The predicted octanol–water partition coefficient (Wildman–Crippen LogP) is 2.01. The molecule has 1 aromatic carbocycles. The molecule has 0 heterocycles. The minimum absolute atomic E-state index is 0.126. The van der Waals surface area contributed by atoms with Gasteiger partial charge in [0.15, 0.2) is 0 Å². The van der Waals surface area contributed by atoms with E-state index < -0.39 is 14.9 Å². The van der Waals surface area contributed by atoms with E-state index >= 15 is 0 Å². The minimum atomic E-state index is -3.56. The molecule has 0 saturated carbocycles. The molecule has 0 spiro atoms. The molecule has 0 aromatic heterocycles. The molecule has 1 rings (SSSR count). The van der Waals surface area contributed by atoms with Crippen molar-refractivity contribution in [3.63, 3.8) is 0 Å².